The fraction of sp³-hybridized carbons (Fsp3) is 0.889. The van der Waals surface area contributed by atoms with Crippen LogP contribution in [0, 0.1) is 0 Å². The van der Waals surface area contributed by atoms with Crippen LogP contribution in [0.1, 0.15) is 34.6 Å². The van der Waals surface area contributed by atoms with E-state index in [1.807, 2.05) is 13.8 Å². The van der Waals surface area contributed by atoms with E-state index in [-0.39, 0.29) is 0 Å². The number of carbonyl (C=O) groups excluding carboxylic acids is 1. The molecule has 0 spiro atoms. The van der Waals surface area contributed by atoms with Crippen LogP contribution in [-0.2, 0) is 20.2 Å². The molecule has 6 heteroatoms. The van der Waals surface area contributed by atoms with Crippen LogP contribution in [0.2, 0.25) is 0 Å². The first-order valence-electron chi connectivity index (χ1n) is 4.96. The lowest BCUT2D eigenvalue weighted by Crippen LogP contribution is -2.35. The highest BCUT2D eigenvalue weighted by Crippen LogP contribution is 2.14. The molecule has 1 saturated heterocycles. The number of nitrogens with zero attached hydrogens (tertiary/aromatic N) is 1. The van der Waals surface area contributed by atoms with E-state index in [0.717, 1.165) is 4.31 Å². The van der Waals surface area contributed by atoms with Crippen molar-refractivity contribution in [2.45, 2.75) is 40.2 Å². The van der Waals surface area contributed by atoms with E-state index in [4.69, 9.17) is 8.92 Å². The number of hydrogen-bond acceptors (Lipinski definition) is 4. The normalized spacial score (nSPS) is 20.6. The molecular weight excluding hydrogens is 218 g/mol. The van der Waals surface area contributed by atoms with Gasteiger partial charge in [0.05, 0.1) is 13.2 Å². The van der Waals surface area contributed by atoms with E-state index >= 15 is 0 Å². The van der Waals surface area contributed by atoms with Gasteiger partial charge >= 0.3 is 6.09 Å². The third kappa shape index (κ3) is 5.13. The van der Waals surface area contributed by atoms with Crippen LogP contribution in [-0.4, -0.2) is 33.4 Å². The molecule has 0 bridgehead atoms. The summed E-state index contributed by atoms with van der Waals surface area (Å²) in [4.78, 5) is 11.3. The summed E-state index contributed by atoms with van der Waals surface area (Å²) in [5.74, 6) is 0. The van der Waals surface area contributed by atoms with Crippen LogP contribution in [0.5, 0.6) is 0 Å². The quantitative estimate of drug-likeness (QED) is 0.645. The van der Waals surface area contributed by atoms with Crippen molar-refractivity contribution in [1.29, 1.82) is 0 Å². The summed E-state index contributed by atoms with van der Waals surface area (Å²) in [6, 6.07) is 0. The third-order valence-electron chi connectivity index (χ3n) is 1.26. The van der Waals surface area contributed by atoms with Crippen molar-refractivity contribution in [3.05, 3.63) is 0 Å². The minimum atomic E-state index is -1.67. The Morgan fingerprint density at radius 2 is 1.93 bits per heavy atom. The highest BCUT2D eigenvalue weighted by atomic mass is 32.2. The van der Waals surface area contributed by atoms with Crippen molar-refractivity contribution in [3.8, 4) is 0 Å². The Hall–Kier alpha value is -0.620. The second kappa shape index (κ2) is 6.07. The maximum atomic E-state index is 11.3. The van der Waals surface area contributed by atoms with Gasteiger partial charge in [0, 0.05) is 0 Å². The molecule has 1 aliphatic rings. The van der Waals surface area contributed by atoms with Gasteiger partial charge < -0.3 is 4.74 Å². The van der Waals surface area contributed by atoms with E-state index in [9.17, 15) is 9.00 Å². The molecule has 0 N–H and O–H groups in total. The summed E-state index contributed by atoms with van der Waals surface area (Å²) in [6.07, 6.45) is -0.594. The fourth-order valence-electron chi connectivity index (χ4n) is 0.795. The molecule has 1 atom stereocenters. The Labute approximate surface area is 93.5 Å². The van der Waals surface area contributed by atoms with Crippen molar-refractivity contribution in [2.75, 3.05) is 13.2 Å². The van der Waals surface area contributed by atoms with Gasteiger partial charge in [0.25, 0.3) is 11.3 Å². The van der Waals surface area contributed by atoms with Crippen molar-refractivity contribution >= 4 is 17.4 Å². The van der Waals surface area contributed by atoms with Gasteiger partial charge in [-0.1, -0.05) is 13.8 Å². The second-order valence-corrected chi connectivity index (χ2v) is 4.73. The van der Waals surface area contributed by atoms with E-state index in [2.05, 4.69) is 0 Å². The van der Waals surface area contributed by atoms with E-state index in [0.29, 0.717) is 13.2 Å². The topological polar surface area (TPSA) is 55.8 Å². The van der Waals surface area contributed by atoms with Gasteiger partial charge in [0.2, 0.25) is 0 Å². The monoisotopic (exact) mass is 237 g/mol. The summed E-state index contributed by atoms with van der Waals surface area (Å²) in [6.45, 7) is 9.88. The molecule has 1 fully saturated rings. The Morgan fingerprint density at radius 3 is 2.27 bits per heavy atom. The number of rotatable bonds is 0. The lowest BCUT2D eigenvalue weighted by Gasteiger charge is -2.22. The molecule has 15 heavy (non-hydrogen) atoms. The second-order valence-electron chi connectivity index (χ2n) is 3.62. The lowest BCUT2D eigenvalue weighted by atomic mass is 10.2. The van der Waals surface area contributed by atoms with Gasteiger partial charge in [-0.2, -0.15) is 0 Å². The Balaban J connectivity index is 0.000000921. The van der Waals surface area contributed by atoms with Crippen LogP contribution in [0.3, 0.4) is 0 Å². The Kier molecular flexibility index (Phi) is 5.82. The Bertz CT molecular complexity index is 237. The van der Waals surface area contributed by atoms with Crippen LogP contribution in [0.4, 0.5) is 4.79 Å². The van der Waals surface area contributed by atoms with Gasteiger partial charge in [-0.3, -0.25) is 4.18 Å². The SMILES string of the molecule is CC.CC(C)(C)OC(=O)N1CCOS1=O. The van der Waals surface area contributed by atoms with Crippen molar-refractivity contribution in [1.82, 2.24) is 4.31 Å². The average Bonchev–Trinajstić information content (AvgIpc) is 2.52. The molecule has 0 aliphatic carbocycles. The molecular formula is C9H19NO4S. The lowest BCUT2D eigenvalue weighted by molar-refractivity contribution is 0.0410. The molecule has 0 aromatic carbocycles. The number of amides is 1. The zero-order valence-electron chi connectivity index (χ0n) is 9.90. The molecule has 0 aromatic heterocycles. The van der Waals surface area contributed by atoms with Crippen LogP contribution in [0.25, 0.3) is 0 Å². The number of hydrogen-bond donors (Lipinski definition) is 0. The molecule has 1 amide bonds. The molecule has 1 aliphatic heterocycles. The van der Waals surface area contributed by atoms with Crippen molar-refractivity contribution in [2.24, 2.45) is 0 Å². The van der Waals surface area contributed by atoms with Crippen LogP contribution >= 0.6 is 0 Å². The predicted molar refractivity (Wildman–Crippen MR) is 58.4 cm³/mol. The summed E-state index contributed by atoms with van der Waals surface area (Å²) < 4.78 is 21.8. The predicted octanol–water partition coefficient (Wildman–Crippen LogP) is 1.86. The third-order valence-corrected chi connectivity index (χ3v) is 2.32. The zero-order chi connectivity index (χ0) is 12.1. The van der Waals surface area contributed by atoms with Crippen LogP contribution < -0.4 is 0 Å². The first-order chi connectivity index (χ1) is 6.90. The number of carbonyl (C=O) groups is 1. The zero-order valence-corrected chi connectivity index (χ0v) is 10.7. The fourth-order valence-corrected chi connectivity index (χ4v) is 1.52. The summed E-state index contributed by atoms with van der Waals surface area (Å²) in [7, 11) is 0. The molecule has 1 heterocycles. The van der Waals surface area contributed by atoms with Crippen molar-refractivity contribution in [3.63, 3.8) is 0 Å². The van der Waals surface area contributed by atoms with Gasteiger partial charge in [0.1, 0.15) is 5.60 Å². The van der Waals surface area contributed by atoms with Gasteiger partial charge in [-0.25, -0.2) is 13.3 Å². The molecule has 0 aromatic rings. The first kappa shape index (κ1) is 14.4. The highest BCUT2D eigenvalue weighted by Gasteiger charge is 2.30. The largest absolute Gasteiger partial charge is 0.443 e. The molecule has 90 valence electrons. The van der Waals surface area contributed by atoms with Gasteiger partial charge in [-0.15, -0.1) is 0 Å². The van der Waals surface area contributed by atoms with E-state index < -0.39 is 23.0 Å². The average molecular weight is 237 g/mol. The summed E-state index contributed by atoms with van der Waals surface area (Å²) in [5.41, 5.74) is -0.566. The summed E-state index contributed by atoms with van der Waals surface area (Å²) in [5, 5.41) is 0. The van der Waals surface area contributed by atoms with Gasteiger partial charge in [0.15, 0.2) is 0 Å². The number of ether oxygens (including phenoxy) is 1. The van der Waals surface area contributed by atoms with Crippen molar-refractivity contribution < 1.29 is 17.9 Å². The smallest absolute Gasteiger partial charge is 0.424 e. The maximum Gasteiger partial charge on any atom is 0.424 e. The summed E-state index contributed by atoms with van der Waals surface area (Å²) >= 11 is -1.67. The molecule has 1 rings (SSSR count). The molecule has 1 unspecified atom stereocenters. The maximum absolute atomic E-state index is 11.3. The van der Waals surface area contributed by atoms with Crippen LogP contribution in [0.15, 0.2) is 0 Å². The molecule has 5 nitrogen and oxygen atoms in total. The minimum absolute atomic E-state index is 0.297. The van der Waals surface area contributed by atoms with E-state index in [1.54, 1.807) is 20.8 Å². The van der Waals surface area contributed by atoms with Gasteiger partial charge in [-0.05, 0) is 20.8 Å². The minimum Gasteiger partial charge on any atom is -0.443 e. The first-order valence-corrected chi connectivity index (χ1v) is 5.99. The van der Waals surface area contributed by atoms with E-state index in [1.165, 1.54) is 0 Å². The Morgan fingerprint density at radius 1 is 1.40 bits per heavy atom. The molecule has 0 radical (unpaired) electrons. The highest BCUT2D eigenvalue weighted by molar-refractivity contribution is 7.78. The molecule has 0 saturated carbocycles. The standard InChI is InChI=1S/C7H13NO4S.C2H6/c1-7(2,3)12-6(9)8-4-5-11-13(8)10;1-2/h4-5H2,1-3H3;1-2H3.